The minimum absolute atomic E-state index is 0.111. The Morgan fingerprint density at radius 2 is 0.731 bits per heavy atom. The highest BCUT2D eigenvalue weighted by atomic mass is 32.2. The molecule has 0 rings (SSSR count). The second kappa shape index (κ2) is 15.7. The Hall–Kier alpha value is -0.340. The van der Waals surface area contributed by atoms with Crippen molar-refractivity contribution in [1.82, 2.24) is 0 Å². The third-order valence-electron chi connectivity index (χ3n) is 2.58. The maximum absolute atomic E-state index is 10.7. The molecule has 0 aromatic carbocycles. The van der Waals surface area contributed by atoms with Gasteiger partial charge in [0.15, 0.2) is 0 Å². The van der Waals surface area contributed by atoms with E-state index in [0.29, 0.717) is 65.7 Å². The highest BCUT2D eigenvalue weighted by Crippen LogP contribution is 1.92. The molecule has 0 N–H and O–H groups in total. The molecule has 0 fully saturated rings. The summed E-state index contributed by atoms with van der Waals surface area (Å²) in [5, 5.41) is 0. The van der Waals surface area contributed by atoms with Gasteiger partial charge in [0, 0.05) is 13.2 Å². The topological polar surface area (TPSA) is 124 Å². The van der Waals surface area contributed by atoms with Crippen molar-refractivity contribution in [2.24, 2.45) is 0 Å². The van der Waals surface area contributed by atoms with Crippen LogP contribution in [0.1, 0.15) is 12.8 Å². The molecule has 0 heterocycles. The summed E-state index contributed by atoms with van der Waals surface area (Å²) in [7, 11) is -6.76. The monoisotopic (exact) mass is 422 g/mol. The molecule has 0 aromatic rings. The number of hydrogen-bond donors (Lipinski definition) is 0. The van der Waals surface area contributed by atoms with Crippen molar-refractivity contribution < 1.29 is 44.1 Å². The van der Waals surface area contributed by atoms with Gasteiger partial charge in [-0.1, -0.05) is 0 Å². The van der Waals surface area contributed by atoms with Crippen LogP contribution in [0.4, 0.5) is 0 Å². The molecule has 10 nitrogen and oxygen atoms in total. The Kier molecular flexibility index (Phi) is 15.5. The summed E-state index contributed by atoms with van der Waals surface area (Å²) in [6.07, 6.45) is 3.01. The van der Waals surface area contributed by atoms with E-state index in [1.165, 1.54) is 0 Å². The van der Waals surface area contributed by atoms with Gasteiger partial charge in [0.05, 0.1) is 65.4 Å². The normalized spacial score (nSPS) is 12.5. The van der Waals surface area contributed by atoms with E-state index in [0.717, 1.165) is 12.5 Å². The van der Waals surface area contributed by atoms with Gasteiger partial charge in [-0.15, -0.1) is 0 Å². The molecular weight excluding hydrogens is 392 g/mol. The lowest BCUT2D eigenvalue weighted by Gasteiger charge is -2.07. The zero-order valence-electron chi connectivity index (χ0n) is 15.4. The molecule has 12 heteroatoms. The molecule has 26 heavy (non-hydrogen) atoms. The van der Waals surface area contributed by atoms with Crippen LogP contribution < -0.4 is 0 Å². The number of hydrogen-bond acceptors (Lipinski definition) is 10. The van der Waals surface area contributed by atoms with Crippen LogP contribution in [-0.4, -0.2) is 95.4 Å². The van der Waals surface area contributed by atoms with E-state index in [1.54, 1.807) is 0 Å². The molecule has 0 spiro atoms. The third kappa shape index (κ3) is 23.7. The Morgan fingerprint density at radius 1 is 0.462 bits per heavy atom. The van der Waals surface area contributed by atoms with Gasteiger partial charge in [0.2, 0.25) is 0 Å². The van der Waals surface area contributed by atoms with Gasteiger partial charge in [0.25, 0.3) is 20.2 Å². The van der Waals surface area contributed by atoms with Crippen molar-refractivity contribution in [3.63, 3.8) is 0 Å². The fraction of sp³-hybridized carbons (Fsp3) is 1.00. The molecule has 0 saturated carbocycles. The lowest BCUT2D eigenvalue weighted by Crippen LogP contribution is -2.13. The lowest BCUT2D eigenvalue weighted by atomic mass is 10.5. The summed E-state index contributed by atoms with van der Waals surface area (Å²) in [5.74, 6) is 0. The van der Waals surface area contributed by atoms with Crippen LogP contribution in [0.5, 0.6) is 0 Å². The first-order valence-electron chi connectivity index (χ1n) is 8.20. The molecule has 0 amide bonds. The van der Waals surface area contributed by atoms with Gasteiger partial charge in [-0.2, -0.15) is 16.8 Å². The summed E-state index contributed by atoms with van der Waals surface area (Å²) in [6, 6.07) is 0. The molecule has 0 bridgehead atoms. The van der Waals surface area contributed by atoms with E-state index in [4.69, 9.17) is 18.9 Å². The van der Waals surface area contributed by atoms with Crippen molar-refractivity contribution in [2.45, 2.75) is 12.8 Å². The maximum Gasteiger partial charge on any atom is 0.264 e. The predicted molar refractivity (Wildman–Crippen MR) is 94.1 cm³/mol. The van der Waals surface area contributed by atoms with Gasteiger partial charge >= 0.3 is 0 Å². The fourth-order valence-electron chi connectivity index (χ4n) is 1.50. The first-order valence-corrected chi connectivity index (χ1v) is 11.8. The molecule has 0 unspecified atom stereocenters. The molecule has 0 radical (unpaired) electrons. The number of rotatable bonds is 19. The summed E-state index contributed by atoms with van der Waals surface area (Å²) in [5.41, 5.74) is 0. The molecular formula is C14H30O10S2. The maximum atomic E-state index is 10.7. The Labute approximate surface area is 156 Å². The van der Waals surface area contributed by atoms with Crippen LogP contribution >= 0.6 is 0 Å². The van der Waals surface area contributed by atoms with Crippen LogP contribution in [0.2, 0.25) is 0 Å². The fourth-order valence-corrected chi connectivity index (χ4v) is 2.35. The second-order valence-corrected chi connectivity index (χ2v) is 8.50. The van der Waals surface area contributed by atoms with Gasteiger partial charge in [0.1, 0.15) is 0 Å². The van der Waals surface area contributed by atoms with Crippen LogP contribution in [-0.2, 0) is 47.5 Å². The summed E-state index contributed by atoms with van der Waals surface area (Å²) in [6.45, 7) is 3.57. The average Bonchev–Trinajstić information content (AvgIpc) is 2.51. The van der Waals surface area contributed by atoms with E-state index in [1.807, 2.05) is 0 Å². The van der Waals surface area contributed by atoms with Crippen LogP contribution in [0, 0.1) is 0 Å². The highest BCUT2D eigenvalue weighted by Gasteiger charge is 2.01. The smallest absolute Gasteiger partial charge is 0.264 e. The van der Waals surface area contributed by atoms with Gasteiger partial charge in [-0.3, -0.25) is 8.37 Å². The predicted octanol–water partition coefficient (Wildman–Crippen LogP) is -0.215. The van der Waals surface area contributed by atoms with Crippen LogP contribution in [0.15, 0.2) is 0 Å². The van der Waals surface area contributed by atoms with Gasteiger partial charge in [-0.05, 0) is 12.8 Å². The van der Waals surface area contributed by atoms with E-state index in [2.05, 4.69) is 8.37 Å². The Morgan fingerprint density at radius 3 is 1.00 bits per heavy atom. The standard InChI is InChI=1S/C14H30O10S2/c1-25(15,16)23-7-3-5-19-9-11-21-13-14-22-12-10-20-6-4-8-24-26(2,17)18/h3-14H2,1-2H3. The molecule has 0 atom stereocenters. The van der Waals surface area contributed by atoms with E-state index >= 15 is 0 Å². The molecule has 0 saturated heterocycles. The minimum Gasteiger partial charge on any atom is -0.379 e. The first kappa shape index (κ1) is 25.7. The summed E-state index contributed by atoms with van der Waals surface area (Å²) < 4.78 is 73.0. The molecule has 0 aromatic heterocycles. The Bertz CT molecular complexity index is 470. The van der Waals surface area contributed by atoms with E-state index < -0.39 is 20.2 Å². The van der Waals surface area contributed by atoms with Crippen LogP contribution in [0.3, 0.4) is 0 Å². The quantitative estimate of drug-likeness (QED) is 0.204. The first-order chi connectivity index (χ1) is 12.2. The zero-order valence-corrected chi connectivity index (χ0v) is 17.0. The minimum atomic E-state index is -3.38. The summed E-state index contributed by atoms with van der Waals surface area (Å²) in [4.78, 5) is 0. The number of ether oxygens (including phenoxy) is 4. The molecule has 158 valence electrons. The zero-order chi connectivity index (χ0) is 19.7. The van der Waals surface area contributed by atoms with E-state index in [9.17, 15) is 16.8 Å². The molecule has 0 aliphatic rings. The largest absolute Gasteiger partial charge is 0.379 e. The lowest BCUT2D eigenvalue weighted by molar-refractivity contribution is -0.00351. The van der Waals surface area contributed by atoms with Gasteiger partial charge < -0.3 is 18.9 Å². The summed E-state index contributed by atoms with van der Waals surface area (Å²) >= 11 is 0. The van der Waals surface area contributed by atoms with Crippen molar-refractivity contribution in [1.29, 1.82) is 0 Å². The Balaban J connectivity index is 3.11. The SMILES string of the molecule is CS(=O)(=O)OCCCOCCOCCOCCOCCCOS(C)(=O)=O. The van der Waals surface area contributed by atoms with Crippen molar-refractivity contribution >= 4 is 20.2 Å². The molecule has 0 aliphatic carbocycles. The third-order valence-corrected chi connectivity index (χ3v) is 3.77. The second-order valence-electron chi connectivity index (χ2n) is 5.21. The van der Waals surface area contributed by atoms with Crippen molar-refractivity contribution in [2.75, 3.05) is 78.6 Å². The van der Waals surface area contributed by atoms with Crippen molar-refractivity contribution in [3.8, 4) is 0 Å². The van der Waals surface area contributed by atoms with E-state index in [-0.39, 0.29) is 13.2 Å². The van der Waals surface area contributed by atoms with Crippen LogP contribution in [0.25, 0.3) is 0 Å². The van der Waals surface area contributed by atoms with Crippen molar-refractivity contribution in [3.05, 3.63) is 0 Å². The average molecular weight is 423 g/mol. The van der Waals surface area contributed by atoms with Gasteiger partial charge in [-0.25, -0.2) is 0 Å². The highest BCUT2D eigenvalue weighted by molar-refractivity contribution is 7.86. The molecule has 0 aliphatic heterocycles.